The van der Waals surface area contributed by atoms with Crippen molar-refractivity contribution in [1.82, 2.24) is 0 Å². The average molecular weight is 355 g/mol. The normalized spacial score (nSPS) is 14.2. The van der Waals surface area contributed by atoms with Crippen LogP contribution < -0.4 is 0 Å². The molecule has 0 bridgehead atoms. The summed E-state index contributed by atoms with van der Waals surface area (Å²) in [5, 5.41) is 0. The standard InChI is InChI=1S/C25H24P/c1-26(20-17-23-11-5-2-6-12-23,21-18-24-13-7-3-8-14-24)22-19-25-15-9-4-10-16-25/h2-22H,1H3/q+1. The predicted octanol–water partition coefficient (Wildman–Crippen LogP) is 7.65. The lowest BCUT2D eigenvalue weighted by Crippen LogP contribution is -1.79. The highest BCUT2D eigenvalue weighted by atomic mass is 31.2. The van der Waals surface area contributed by atoms with E-state index in [9.17, 15) is 0 Å². The van der Waals surface area contributed by atoms with Gasteiger partial charge >= 0.3 is 0 Å². The molecule has 0 nitrogen and oxygen atoms in total. The fourth-order valence-electron chi connectivity index (χ4n) is 2.58. The first-order valence-electron chi connectivity index (χ1n) is 8.82. The van der Waals surface area contributed by atoms with E-state index in [1.165, 1.54) is 16.7 Å². The van der Waals surface area contributed by atoms with Gasteiger partial charge in [-0.3, -0.25) is 0 Å². The van der Waals surface area contributed by atoms with Crippen LogP contribution in [0.25, 0.3) is 18.2 Å². The second-order valence-corrected chi connectivity index (χ2v) is 9.74. The summed E-state index contributed by atoms with van der Waals surface area (Å²) in [5.74, 6) is 7.09. The summed E-state index contributed by atoms with van der Waals surface area (Å²) in [7, 11) is -1.51. The molecule has 26 heavy (non-hydrogen) atoms. The van der Waals surface area contributed by atoms with Crippen LogP contribution in [0, 0.1) is 0 Å². The summed E-state index contributed by atoms with van der Waals surface area (Å²) in [6.07, 6.45) is 6.70. The van der Waals surface area contributed by atoms with Crippen molar-refractivity contribution in [3.8, 4) is 0 Å². The van der Waals surface area contributed by atoms with Crippen molar-refractivity contribution in [2.75, 3.05) is 6.66 Å². The molecule has 3 aromatic carbocycles. The Morgan fingerprint density at radius 2 is 0.731 bits per heavy atom. The number of rotatable bonds is 6. The fourth-order valence-corrected chi connectivity index (χ4v) is 4.36. The number of benzene rings is 3. The van der Waals surface area contributed by atoms with E-state index in [2.05, 4.69) is 133 Å². The summed E-state index contributed by atoms with van der Waals surface area (Å²) in [6.45, 7) is 2.34. The molecule has 0 N–H and O–H groups in total. The Balaban J connectivity index is 1.88. The van der Waals surface area contributed by atoms with Crippen LogP contribution in [0.4, 0.5) is 0 Å². The lowest BCUT2D eigenvalue weighted by Gasteiger charge is -2.09. The van der Waals surface area contributed by atoms with Gasteiger partial charge in [0.1, 0.15) is 0 Å². The molecule has 3 aromatic rings. The molecule has 0 amide bonds. The Bertz CT molecular complexity index is 755. The second kappa shape index (κ2) is 9.13. The van der Waals surface area contributed by atoms with Crippen LogP contribution in [-0.2, 0) is 0 Å². The van der Waals surface area contributed by atoms with Crippen molar-refractivity contribution in [2.24, 2.45) is 0 Å². The first-order chi connectivity index (χ1) is 12.7. The van der Waals surface area contributed by atoms with Crippen LogP contribution in [0.15, 0.2) is 108 Å². The van der Waals surface area contributed by atoms with Gasteiger partial charge in [0.05, 0.1) is 31.4 Å². The first-order valence-corrected chi connectivity index (χ1v) is 11.3. The largest absolute Gasteiger partial charge is 0.0862 e. The van der Waals surface area contributed by atoms with Gasteiger partial charge in [-0.15, -0.1) is 0 Å². The molecule has 0 saturated heterocycles. The van der Waals surface area contributed by atoms with E-state index < -0.39 is 7.26 Å². The Morgan fingerprint density at radius 3 is 1.00 bits per heavy atom. The van der Waals surface area contributed by atoms with Crippen LogP contribution in [0.3, 0.4) is 0 Å². The highest BCUT2D eigenvalue weighted by Crippen LogP contribution is 2.61. The lowest BCUT2D eigenvalue weighted by molar-refractivity contribution is 1.66. The van der Waals surface area contributed by atoms with E-state index in [-0.39, 0.29) is 0 Å². The third-order valence-corrected chi connectivity index (χ3v) is 6.54. The minimum Gasteiger partial charge on any atom is -0.0622 e. The van der Waals surface area contributed by atoms with Crippen LogP contribution in [-0.4, -0.2) is 6.66 Å². The quantitative estimate of drug-likeness (QED) is 0.398. The maximum absolute atomic E-state index is 2.36. The summed E-state index contributed by atoms with van der Waals surface area (Å²) in [5.41, 5.74) is 3.71. The second-order valence-electron chi connectivity index (χ2n) is 6.40. The zero-order chi connectivity index (χ0) is 18.1. The lowest BCUT2D eigenvalue weighted by atomic mass is 10.2. The van der Waals surface area contributed by atoms with Gasteiger partial charge in [0, 0.05) is 0 Å². The molecular weight excluding hydrogens is 331 g/mol. The summed E-state index contributed by atoms with van der Waals surface area (Å²) < 4.78 is 0. The molecule has 0 aromatic heterocycles. The molecule has 3 rings (SSSR count). The van der Waals surface area contributed by atoms with Gasteiger partial charge in [0.25, 0.3) is 0 Å². The van der Waals surface area contributed by atoms with Crippen molar-refractivity contribution in [1.29, 1.82) is 0 Å². The molecule has 0 heterocycles. The molecule has 128 valence electrons. The monoisotopic (exact) mass is 355 g/mol. The molecule has 0 unspecified atom stereocenters. The minimum atomic E-state index is -1.51. The van der Waals surface area contributed by atoms with Gasteiger partial charge in [-0.05, 0) is 34.9 Å². The summed E-state index contributed by atoms with van der Waals surface area (Å²) in [6, 6.07) is 31.5. The highest BCUT2D eigenvalue weighted by Gasteiger charge is 2.21. The zero-order valence-corrected chi connectivity index (χ0v) is 16.0. The van der Waals surface area contributed by atoms with Gasteiger partial charge in [0.15, 0.2) is 0 Å². The van der Waals surface area contributed by atoms with E-state index >= 15 is 0 Å². The first kappa shape index (κ1) is 18.1. The molecule has 0 aliphatic carbocycles. The third-order valence-electron chi connectivity index (χ3n) is 4.16. The fraction of sp³-hybridized carbons (Fsp3) is 0.0400. The van der Waals surface area contributed by atoms with Crippen molar-refractivity contribution < 1.29 is 0 Å². The maximum atomic E-state index is 2.36. The number of hydrogen-bond donors (Lipinski definition) is 0. The van der Waals surface area contributed by atoms with Crippen LogP contribution in [0.2, 0.25) is 0 Å². The van der Waals surface area contributed by atoms with Crippen molar-refractivity contribution in [3.63, 3.8) is 0 Å². The topological polar surface area (TPSA) is 0 Å². The molecule has 0 atom stereocenters. The van der Waals surface area contributed by atoms with Crippen LogP contribution >= 0.6 is 7.26 Å². The molecular formula is C25H24P+. The van der Waals surface area contributed by atoms with Gasteiger partial charge < -0.3 is 0 Å². The van der Waals surface area contributed by atoms with Crippen molar-refractivity contribution in [3.05, 3.63) is 125 Å². The molecule has 0 aliphatic rings. The molecule has 0 fully saturated rings. The highest BCUT2D eigenvalue weighted by molar-refractivity contribution is 7.84. The van der Waals surface area contributed by atoms with E-state index in [4.69, 9.17) is 0 Å². The van der Waals surface area contributed by atoms with E-state index in [0.717, 1.165) is 0 Å². The van der Waals surface area contributed by atoms with Crippen molar-refractivity contribution in [2.45, 2.75) is 0 Å². The number of hydrogen-bond acceptors (Lipinski definition) is 0. The summed E-state index contributed by atoms with van der Waals surface area (Å²) >= 11 is 0. The molecule has 0 radical (unpaired) electrons. The maximum Gasteiger partial charge on any atom is 0.0862 e. The van der Waals surface area contributed by atoms with Crippen molar-refractivity contribution >= 4 is 25.5 Å². The predicted molar refractivity (Wildman–Crippen MR) is 119 cm³/mol. The molecule has 0 saturated carbocycles. The van der Waals surface area contributed by atoms with E-state index in [0.29, 0.717) is 0 Å². The van der Waals surface area contributed by atoms with E-state index in [1.807, 2.05) is 0 Å². The molecule has 1 heteroatoms. The zero-order valence-electron chi connectivity index (χ0n) is 15.1. The Hall–Kier alpha value is -2.69. The Kier molecular flexibility index (Phi) is 6.36. The average Bonchev–Trinajstić information content (AvgIpc) is 2.72. The van der Waals surface area contributed by atoms with Crippen LogP contribution in [0.5, 0.6) is 0 Å². The third kappa shape index (κ3) is 5.69. The van der Waals surface area contributed by atoms with E-state index in [1.54, 1.807) is 0 Å². The molecule has 0 spiro atoms. The minimum absolute atomic E-state index is 1.24. The Morgan fingerprint density at radius 1 is 0.462 bits per heavy atom. The van der Waals surface area contributed by atoms with Crippen LogP contribution in [0.1, 0.15) is 16.7 Å². The van der Waals surface area contributed by atoms with Gasteiger partial charge in [0.2, 0.25) is 0 Å². The Labute approximate surface area is 157 Å². The SMILES string of the molecule is C[P+](C=Cc1ccccc1)(C=Cc1ccccc1)C=Cc1ccccc1. The smallest absolute Gasteiger partial charge is 0.0622 e. The van der Waals surface area contributed by atoms with Gasteiger partial charge in [-0.1, -0.05) is 91.0 Å². The van der Waals surface area contributed by atoms with Gasteiger partial charge in [-0.25, -0.2) is 0 Å². The summed E-state index contributed by atoms with van der Waals surface area (Å²) in [4.78, 5) is 0. The molecule has 0 aliphatic heterocycles. The van der Waals surface area contributed by atoms with Gasteiger partial charge in [-0.2, -0.15) is 0 Å².